The van der Waals surface area contributed by atoms with Gasteiger partial charge in [0, 0.05) is 20.2 Å². The summed E-state index contributed by atoms with van der Waals surface area (Å²) in [4.78, 5) is 13.4. The monoisotopic (exact) mass is 186 g/mol. The Morgan fingerprint density at radius 1 is 1.69 bits per heavy atom. The van der Waals surface area contributed by atoms with Gasteiger partial charge in [0.05, 0.1) is 5.54 Å². The van der Waals surface area contributed by atoms with E-state index in [1.807, 2.05) is 11.8 Å². The van der Waals surface area contributed by atoms with Gasteiger partial charge in [-0.1, -0.05) is 0 Å². The Labute approximate surface area is 79.0 Å². The van der Waals surface area contributed by atoms with E-state index in [1.165, 1.54) is 7.11 Å². The van der Waals surface area contributed by atoms with Crippen LogP contribution in [0.5, 0.6) is 0 Å². The van der Waals surface area contributed by atoms with Gasteiger partial charge < -0.3 is 15.4 Å². The molecule has 1 unspecified atom stereocenters. The Balaban J connectivity index is 2.62. The van der Waals surface area contributed by atoms with E-state index < -0.39 is 0 Å². The fraction of sp³-hybridized carbons (Fsp3) is 0.889. The number of hydrogen-bond acceptors (Lipinski definition) is 3. The Bertz CT molecular complexity index is 196. The molecule has 0 aliphatic carbocycles. The lowest BCUT2D eigenvalue weighted by Gasteiger charge is -2.33. The summed E-state index contributed by atoms with van der Waals surface area (Å²) in [5, 5.41) is 0. The summed E-state index contributed by atoms with van der Waals surface area (Å²) in [6.45, 7) is 3.54. The minimum absolute atomic E-state index is 0.0490. The molecule has 2 N–H and O–H groups in total. The number of nitrogens with two attached hydrogens (primary N) is 1. The number of nitrogens with zero attached hydrogens (tertiary/aromatic N) is 1. The first-order valence-corrected chi connectivity index (χ1v) is 4.63. The fourth-order valence-electron chi connectivity index (χ4n) is 1.86. The third-order valence-electron chi connectivity index (χ3n) is 2.76. The fourth-order valence-corrected chi connectivity index (χ4v) is 1.86. The van der Waals surface area contributed by atoms with Crippen molar-refractivity contribution in [1.82, 2.24) is 4.90 Å². The Morgan fingerprint density at radius 3 is 2.92 bits per heavy atom. The lowest BCUT2D eigenvalue weighted by Crippen LogP contribution is -2.51. The van der Waals surface area contributed by atoms with Crippen molar-refractivity contribution in [1.29, 1.82) is 0 Å². The third kappa shape index (κ3) is 2.00. The average molecular weight is 186 g/mol. The molecule has 1 rings (SSSR count). The summed E-state index contributed by atoms with van der Waals surface area (Å²) in [5.74, 6) is 0.0490. The lowest BCUT2D eigenvalue weighted by molar-refractivity contribution is -0.138. The van der Waals surface area contributed by atoms with Crippen molar-refractivity contribution in [3.63, 3.8) is 0 Å². The zero-order valence-electron chi connectivity index (χ0n) is 8.38. The molecule has 0 bridgehead atoms. The third-order valence-corrected chi connectivity index (χ3v) is 2.76. The molecule has 13 heavy (non-hydrogen) atoms. The van der Waals surface area contributed by atoms with E-state index in [2.05, 4.69) is 0 Å². The molecule has 4 nitrogen and oxygen atoms in total. The van der Waals surface area contributed by atoms with Gasteiger partial charge in [0.2, 0.25) is 5.91 Å². The van der Waals surface area contributed by atoms with Gasteiger partial charge in [-0.05, 0) is 19.8 Å². The summed E-state index contributed by atoms with van der Waals surface area (Å²) in [5.41, 5.74) is 5.51. The highest BCUT2D eigenvalue weighted by atomic mass is 16.5. The molecule has 0 saturated carbocycles. The van der Waals surface area contributed by atoms with Crippen LogP contribution >= 0.6 is 0 Å². The number of carbonyl (C=O) groups is 1. The molecule has 0 aromatic rings. The Kier molecular flexibility index (Phi) is 3.27. The van der Waals surface area contributed by atoms with Gasteiger partial charge in [-0.3, -0.25) is 4.79 Å². The minimum Gasteiger partial charge on any atom is -0.375 e. The number of likely N-dealkylation sites (tertiary alicyclic amines) is 1. The van der Waals surface area contributed by atoms with Crippen LogP contribution in [0.4, 0.5) is 0 Å². The van der Waals surface area contributed by atoms with Crippen molar-refractivity contribution in [2.75, 3.05) is 26.8 Å². The molecule has 0 radical (unpaired) electrons. The zero-order chi connectivity index (χ0) is 9.90. The van der Waals surface area contributed by atoms with E-state index in [4.69, 9.17) is 10.5 Å². The first kappa shape index (κ1) is 10.5. The van der Waals surface area contributed by atoms with Crippen LogP contribution in [-0.4, -0.2) is 43.2 Å². The molecular formula is C9H18N2O2. The Morgan fingerprint density at radius 2 is 2.38 bits per heavy atom. The molecule has 1 amide bonds. The van der Waals surface area contributed by atoms with Crippen LogP contribution in [0.1, 0.15) is 19.8 Å². The van der Waals surface area contributed by atoms with Crippen LogP contribution in [0.3, 0.4) is 0 Å². The second-order valence-electron chi connectivity index (χ2n) is 3.78. The first-order chi connectivity index (χ1) is 6.14. The second-order valence-corrected chi connectivity index (χ2v) is 3.78. The van der Waals surface area contributed by atoms with Gasteiger partial charge in [0.15, 0.2) is 0 Å². The molecule has 1 heterocycles. The molecule has 1 aliphatic heterocycles. The van der Waals surface area contributed by atoms with E-state index in [0.717, 1.165) is 19.4 Å². The summed E-state index contributed by atoms with van der Waals surface area (Å²) >= 11 is 0. The van der Waals surface area contributed by atoms with Gasteiger partial charge >= 0.3 is 0 Å². The van der Waals surface area contributed by atoms with Crippen LogP contribution < -0.4 is 5.73 Å². The maximum absolute atomic E-state index is 11.6. The van der Waals surface area contributed by atoms with Crippen LogP contribution in [0.2, 0.25) is 0 Å². The summed E-state index contributed by atoms with van der Waals surface area (Å²) < 4.78 is 4.82. The normalized spacial score (nSPS) is 28.1. The molecular weight excluding hydrogens is 168 g/mol. The van der Waals surface area contributed by atoms with E-state index >= 15 is 0 Å². The van der Waals surface area contributed by atoms with Crippen LogP contribution in [0.25, 0.3) is 0 Å². The van der Waals surface area contributed by atoms with Gasteiger partial charge in [-0.2, -0.15) is 0 Å². The highest BCUT2D eigenvalue weighted by molar-refractivity contribution is 5.78. The number of methoxy groups -OCH3 is 1. The maximum Gasteiger partial charge on any atom is 0.249 e. The quantitative estimate of drug-likeness (QED) is 0.673. The molecule has 1 fully saturated rings. The topological polar surface area (TPSA) is 55.6 Å². The van der Waals surface area contributed by atoms with Crippen molar-refractivity contribution in [3.05, 3.63) is 0 Å². The average Bonchev–Trinajstić information content (AvgIpc) is 2.49. The van der Waals surface area contributed by atoms with Gasteiger partial charge in [0.1, 0.15) is 6.61 Å². The number of rotatable bonds is 3. The highest BCUT2D eigenvalue weighted by Gasteiger charge is 2.37. The van der Waals surface area contributed by atoms with Crippen LogP contribution in [0, 0.1) is 0 Å². The van der Waals surface area contributed by atoms with E-state index in [9.17, 15) is 4.79 Å². The molecule has 1 saturated heterocycles. The van der Waals surface area contributed by atoms with Crippen molar-refractivity contribution < 1.29 is 9.53 Å². The molecule has 4 heteroatoms. The van der Waals surface area contributed by atoms with Gasteiger partial charge in [-0.25, -0.2) is 0 Å². The largest absolute Gasteiger partial charge is 0.375 e. The molecule has 76 valence electrons. The second kappa shape index (κ2) is 4.07. The first-order valence-electron chi connectivity index (χ1n) is 4.63. The SMILES string of the molecule is COCC(=O)N1CCCC1(C)CN. The van der Waals surface area contributed by atoms with Crippen LogP contribution in [-0.2, 0) is 9.53 Å². The minimum atomic E-state index is -0.143. The van der Waals surface area contributed by atoms with Crippen molar-refractivity contribution in [2.24, 2.45) is 5.73 Å². The van der Waals surface area contributed by atoms with Gasteiger partial charge in [0.25, 0.3) is 0 Å². The zero-order valence-corrected chi connectivity index (χ0v) is 8.38. The highest BCUT2D eigenvalue weighted by Crippen LogP contribution is 2.27. The van der Waals surface area contributed by atoms with Crippen molar-refractivity contribution in [2.45, 2.75) is 25.3 Å². The summed E-state index contributed by atoms with van der Waals surface area (Å²) in [7, 11) is 1.54. The molecule has 0 aromatic carbocycles. The van der Waals surface area contributed by atoms with E-state index in [0.29, 0.717) is 6.54 Å². The molecule has 1 aliphatic rings. The Hall–Kier alpha value is -0.610. The van der Waals surface area contributed by atoms with Gasteiger partial charge in [-0.15, -0.1) is 0 Å². The van der Waals surface area contributed by atoms with Crippen molar-refractivity contribution >= 4 is 5.91 Å². The number of carbonyl (C=O) groups excluding carboxylic acids is 1. The van der Waals surface area contributed by atoms with Crippen LogP contribution in [0.15, 0.2) is 0 Å². The predicted octanol–water partition coefficient (Wildman–Crippen LogP) is -0.0274. The maximum atomic E-state index is 11.6. The standard InChI is InChI=1S/C9H18N2O2/c1-9(7-10)4-3-5-11(9)8(12)6-13-2/h3-7,10H2,1-2H3. The predicted molar refractivity (Wildman–Crippen MR) is 50.3 cm³/mol. The number of hydrogen-bond donors (Lipinski definition) is 1. The number of amides is 1. The summed E-state index contributed by atoms with van der Waals surface area (Å²) in [6, 6.07) is 0. The lowest BCUT2D eigenvalue weighted by atomic mass is 9.99. The smallest absolute Gasteiger partial charge is 0.249 e. The molecule has 0 spiro atoms. The van der Waals surface area contributed by atoms with E-state index in [1.54, 1.807) is 0 Å². The number of ether oxygens (including phenoxy) is 1. The molecule has 1 atom stereocenters. The van der Waals surface area contributed by atoms with E-state index in [-0.39, 0.29) is 18.1 Å². The van der Waals surface area contributed by atoms with Crippen molar-refractivity contribution in [3.8, 4) is 0 Å². The summed E-state index contributed by atoms with van der Waals surface area (Å²) in [6.07, 6.45) is 2.04. The molecule has 0 aromatic heterocycles.